The van der Waals surface area contributed by atoms with Crippen LogP contribution in [-0.2, 0) is 4.74 Å². The first kappa shape index (κ1) is 10.5. The molecular weight excluding hydrogens is 136 g/mol. The molecule has 0 aliphatic carbocycles. The van der Waals surface area contributed by atoms with Crippen molar-refractivity contribution in [1.82, 2.24) is 0 Å². The molecule has 0 spiro atoms. The Labute approximate surface area is 70.4 Å². The summed E-state index contributed by atoms with van der Waals surface area (Å²) in [6.45, 7) is 9.26. The van der Waals surface area contributed by atoms with Crippen LogP contribution in [0.2, 0.25) is 0 Å². The van der Waals surface area contributed by atoms with Gasteiger partial charge in [0.2, 0.25) is 0 Å². The Morgan fingerprint density at radius 3 is 2.18 bits per heavy atom. The molecule has 0 fully saturated rings. The van der Waals surface area contributed by atoms with E-state index < -0.39 is 0 Å². The Morgan fingerprint density at radius 1 is 1.18 bits per heavy atom. The second-order valence-electron chi connectivity index (χ2n) is 2.96. The molecule has 0 radical (unpaired) electrons. The zero-order valence-electron chi connectivity index (χ0n) is 8.24. The van der Waals surface area contributed by atoms with Gasteiger partial charge in [0.25, 0.3) is 0 Å². The van der Waals surface area contributed by atoms with Crippen molar-refractivity contribution in [1.29, 1.82) is 0 Å². The second kappa shape index (κ2) is 6.26. The molecule has 11 heavy (non-hydrogen) atoms. The van der Waals surface area contributed by atoms with Crippen molar-refractivity contribution in [2.75, 3.05) is 6.61 Å². The lowest BCUT2D eigenvalue weighted by atomic mass is 10.1. The molecule has 0 aromatic heterocycles. The third-order valence-corrected chi connectivity index (χ3v) is 1.63. The minimum Gasteiger partial charge on any atom is -0.498 e. The van der Waals surface area contributed by atoms with Crippen molar-refractivity contribution < 1.29 is 4.74 Å². The van der Waals surface area contributed by atoms with E-state index in [9.17, 15) is 0 Å². The molecule has 0 amide bonds. The Hall–Kier alpha value is -0.460. The van der Waals surface area contributed by atoms with Crippen LogP contribution in [0.3, 0.4) is 0 Å². The molecule has 0 bridgehead atoms. The van der Waals surface area contributed by atoms with Gasteiger partial charge in [0.05, 0.1) is 12.4 Å². The molecule has 66 valence electrons. The van der Waals surface area contributed by atoms with E-state index in [4.69, 9.17) is 4.74 Å². The van der Waals surface area contributed by atoms with Crippen LogP contribution >= 0.6 is 0 Å². The van der Waals surface area contributed by atoms with Crippen molar-refractivity contribution >= 4 is 0 Å². The summed E-state index contributed by atoms with van der Waals surface area (Å²) in [5, 5.41) is 0. The second-order valence-corrected chi connectivity index (χ2v) is 2.96. The molecule has 0 aliphatic rings. The van der Waals surface area contributed by atoms with Gasteiger partial charge in [0.15, 0.2) is 0 Å². The SMILES string of the molecule is CCCCC(OCC)=C(C)C. The van der Waals surface area contributed by atoms with E-state index >= 15 is 0 Å². The average Bonchev–Trinajstić information content (AvgIpc) is 1.97. The molecule has 0 saturated carbocycles. The van der Waals surface area contributed by atoms with Crippen molar-refractivity contribution in [3.05, 3.63) is 11.3 Å². The largest absolute Gasteiger partial charge is 0.498 e. The van der Waals surface area contributed by atoms with E-state index in [1.54, 1.807) is 0 Å². The van der Waals surface area contributed by atoms with Crippen LogP contribution in [0.1, 0.15) is 47.0 Å². The Morgan fingerprint density at radius 2 is 1.82 bits per heavy atom. The van der Waals surface area contributed by atoms with Crippen LogP contribution in [-0.4, -0.2) is 6.61 Å². The molecule has 1 heteroatoms. The van der Waals surface area contributed by atoms with Gasteiger partial charge >= 0.3 is 0 Å². The van der Waals surface area contributed by atoms with Crippen LogP contribution in [0.25, 0.3) is 0 Å². The quantitative estimate of drug-likeness (QED) is 0.553. The van der Waals surface area contributed by atoms with Gasteiger partial charge in [-0.25, -0.2) is 0 Å². The molecule has 0 aromatic rings. The number of ether oxygens (including phenoxy) is 1. The highest BCUT2D eigenvalue weighted by atomic mass is 16.5. The molecule has 0 saturated heterocycles. The van der Waals surface area contributed by atoms with Crippen molar-refractivity contribution in [2.24, 2.45) is 0 Å². The van der Waals surface area contributed by atoms with E-state index in [2.05, 4.69) is 20.8 Å². The summed E-state index contributed by atoms with van der Waals surface area (Å²) >= 11 is 0. The maximum Gasteiger partial charge on any atom is 0.0945 e. The van der Waals surface area contributed by atoms with Gasteiger partial charge in [0.1, 0.15) is 0 Å². The van der Waals surface area contributed by atoms with Crippen molar-refractivity contribution in [2.45, 2.75) is 47.0 Å². The van der Waals surface area contributed by atoms with Crippen LogP contribution in [0, 0.1) is 0 Å². The molecule has 0 atom stereocenters. The Bertz CT molecular complexity index is 121. The fraction of sp³-hybridized carbons (Fsp3) is 0.800. The molecular formula is C10H20O. The first-order valence-corrected chi connectivity index (χ1v) is 4.51. The van der Waals surface area contributed by atoms with Crippen molar-refractivity contribution in [3.63, 3.8) is 0 Å². The van der Waals surface area contributed by atoms with E-state index in [1.165, 1.54) is 24.2 Å². The van der Waals surface area contributed by atoms with Gasteiger partial charge in [-0.1, -0.05) is 13.3 Å². The van der Waals surface area contributed by atoms with Gasteiger partial charge in [-0.15, -0.1) is 0 Å². The van der Waals surface area contributed by atoms with Crippen LogP contribution < -0.4 is 0 Å². The highest BCUT2D eigenvalue weighted by Gasteiger charge is 1.98. The van der Waals surface area contributed by atoms with Gasteiger partial charge in [-0.05, 0) is 32.8 Å². The third-order valence-electron chi connectivity index (χ3n) is 1.63. The predicted octanol–water partition coefficient (Wildman–Crippen LogP) is 3.51. The maximum atomic E-state index is 5.49. The minimum atomic E-state index is 0.796. The van der Waals surface area contributed by atoms with E-state index in [1.807, 2.05) is 6.92 Å². The van der Waals surface area contributed by atoms with Gasteiger partial charge in [-0.2, -0.15) is 0 Å². The summed E-state index contributed by atoms with van der Waals surface area (Å²) < 4.78 is 5.49. The number of unbranched alkanes of at least 4 members (excludes halogenated alkanes) is 1. The molecule has 0 heterocycles. The molecule has 0 N–H and O–H groups in total. The topological polar surface area (TPSA) is 9.23 Å². The Balaban J connectivity index is 3.81. The molecule has 0 rings (SSSR count). The smallest absolute Gasteiger partial charge is 0.0945 e. The predicted molar refractivity (Wildman–Crippen MR) is 49.5 cm³/mol. The zero-order valence-corrected chi connectivity index (χ0v) is 8.24. The molecule has 0 unspecified atom stereocenters. The van der Waals surface area contributed by atoms with Gasteiger partial charge in [-0.3, -0.25) is 0 Å². The number of rotatable bonds is 5. The molecule has 0 aromatic carbocycles. The van der Waals surface area contributed by atoms with Crippen LogP contribution in [0.15, 0.2) is 11.3 Å². The monoisotopic (exact) mass is 156 g/mol. The normalized spacial score (nSPS) is 9.45. The lowest BCUT2D eigenvalue weighted by Crippen LogP contribution is -1.94. The number of hydrogen-bond donors (Lipinski definition) is 0. The van der Waals surface area contributed by atoms with Crippen LogP contribution in [0.4, 0.5) is 0 Å². The summed E-state index contributed by atoms with van der Waals surface area (Å²) in [5.74, 6) is 1.19. The molecule has 0 aliphatic heterocycles. The highest BCUT2D eigenvalue weighted by Crippen LogP contribution is 2.13. The number of allylic oxidation sites excluding steroid dienone is 2. The lowest BCUT2D eigenvalue weighted by molar-refractivity contribution is 0.213. The van der Waals surface area contributed by atoms with Crippen molar-refractivity contribution in [3.8, 4) is 0 Å². The number of hydrogen-bond acceptors (Lipinski definition) is 1. The average molecular weight is 156 g/mol. The molecule has 1 nitrogen and oxygen atoms in total. The van der Waals surface area contributed by atoms with E-state index in [0.29, 0.717) is 0 Å². The summed E-state index contributed by atoms with van der Waals surface area (Å²) in [6.07, 6.45) is 3.58. The summed E-state index contributed by atoms with van der Waals surface area (Å²) in [7, 11) is 0. The highest BCUT2D eigenvalue weighted by molar-refractivity contribution is 5.02. The standard InChI is InChI=1S/C10H20O/c1-5-7-8-10(9(3)4)11-6-2/h5-8H2,1-4H3. The first-order chi connectivity index (χ1) is 5.22. The third kappa shape index (κ3) is 4.88. The van der Waals surface area contributed by atoms with Gasteiger partial charge < -0.3 is 4.74 Å². The Kier molecular flexibility index (Phi) is 6.00. The zero-order chi connectivity index (χ0) is 8.69. The van der Waals surface area contributed by atoms with E-state index in [0.717, 1.165) is 13.0 Å². The minimum absolute atomic E-state index is 0.796. The fourth-order valence-corrected chi connectivity index (χ4v) is 0.978. The summed E-state index contributed by atoms with van der Waals surface area (Å²) in [6, 6.07) is 0. The summed E-state index contributed by atoms with van der Waals surface area (Å²) in [4.78, 5) is 0. The maximum absolute atomic E-state index is 5.49. The van der Waals surface area contributed by atoms with E-state index in [-0.39, 0.29) is 0 Å². The first-order valence-electron chi connectivity index (χ1n) is 4.51. The lowest BCUT2D eigenvalue weighted by Gasteiger charge is -2.09. The fourth-order valence-electron chi connectivity index (χ4n) is 0.978. The van der Waals surface area contributed by atoms with Crippen LogP contribution in [0.5, 0.6) is 0 Å². The van der Waals surface area contributed by atoms with Gasteiger partial charge in [0, 0.05) is 6.42 Å². The summed E-state index contributed by atoms with van der Waals surface area (Å²) in [5.41, 5.74) is 1.32.